The second kappa shape index (κ2) is 5.11. The van der Waals surface area contributed by atoms with Crippen LogP contribution in [0.25, 0.3) is 0 Å². The van der Waals surface area contributed by atoms with Gasteiger partial charge in [0, 0.05) is 26.3 Å². The molecule has 1 fully saturated rings. The Morgan fingerprint density at radius 3 is 2.52 bits per heavy atom. The lowest BCUT2D eigenvalue weighted by Crippen LogP contribution is -2.37. The molecule has 2 heterocycles. The summed E-state index contributed by atoms with van der Waals surface area (Å²) in [6.45, 7) is 0. The van der Waals surface area contributed by atoms with Crippen LogP contribution in [0.2, 0.25) is 0 Å². The van der Waals surface area contributed by atoms with E-state index in [1.54, 1.807) is 0 Å². The fourth-order valence-corrected chi connectivity index (χ4v) is 5.64. The minimum atomic E-state index is -3.92. The topological polar surface area (TPSA) is 114 Å². The zero-order chi connectivity index (χ0) is 16.0. The van der Waals surface area contributed by atoms with E-state index in [1.807, 2.05) is 0 Å². The number of carbonyl (C=O) groups is 1. The van der Waals surface area contributed by atoms with E-state index < -0.39 is 31.9 Å². The number of aromatic nitrogens is 1. The molecule has 0 radical (unpaired) electrons. The molecule has 21 heavy (non-hydrogen) atoms. The van der Waals surface area contributed by atoms with Gasteiger partial charge in [-0.05, 0) is 12.5 Å². The smallest absolute Gasteiger partial charge is 0.352 e. The van der Waals surface area contributed by atoms with E-state index in [0.717, 1.165) is 10.4 Å². The van der Waals surface area contributed by atoms with Gasteiger partial charge in [0.1, 0.15) is 10.6 Å². The second-order valence-electron chi connectivity index (χ2n) is 5.06. The van der Waals surface area contributed by atoms with Gasteiger partial charge in [0.15, 0.2) is 9.84 Å². The van der Waals surface area contributed by atoms with Crippen LogP contribution in [-0.4, -0.2) is 61.4 Å². The minimum Gasteiger partial charge on any atom is -0.477 e. The van der Waals surface area contributed by atoms with Crippen molar-refractivity contribution < 1.29 is 26.7 Å². The second-order valence-corrected chi connectivity index (χ2v) is 9.28. The third kappa shape index (κ3) is 2.97. The molecule has 10 heteroatoms. The van der Waals surface area contributed by atoms with Gasteiger partial charge in [0.2, 0.25) is 10.0 Å². The molecule has 1 aromatic heterocycles. The summed E-state index contributed by atoms with van der Waals surface area (Å²) in [5.41, 5.74) is -0.152. The molecule has 0 saturated carbocycles. The van der Waals surface area contributed by atoms with E-state index in [-0.39, 0.29) is 28.5 Å². The Bertz CT molecular complexity index is 778. The van der Waals surface area contributed by atoms with Gasteiger partial charge < -0.3 is 9.67 Å². The molecule has 1 aliphatic rings. The van der Waals surface area contributed by atoms with Crippen molar-refractivity contribution in [3.63, 3.8) is 0 Å². The number of nitrogens with zero attached hydrogens (tertiary/aromatic N) is 2. The fraction of sp³-hybridized carbons (Fsp3) is 0.545. The Balaban J connectivity index is 2.34. The van der Waals surface area contributed by atoms with E-state index in [1.165, 1.54) is 24.9 Å². The molecule has 1 N–H and O–H groups in total. The summed E-state index contributed by atoms with van der Waals surface area (Å²) < 4.78 is 50.0. The number of sulfonamides is 1. The minimum absolute atomic E-state index is 0.0350. The Labute approximate surface area is 123 Å². The zero-order valence-electron chi connectivity index (χ0n) is 11.6. The molecule has 0 amide bonds. The van der Waals surface area contributed by atoms with Crippen LogP contribution in [0.1, 0.15) is 16.9 Å². The number of hydrogen-bond donors (Lipinski definition) is 1. The van der Waals surface area contributed by atoms with Crippen molar-refractivity contribution in [1.29, 1.82) is 0 Å². The van der Waals surface area contributed by atoms with E-state index in [0.29, 0.717) is 0 Å². The number of rotatable bonds is 4. The number of carboxylic acid groups (broad SMARTS) is 1. The van der Waals surface area contributed by atoms with Crippen LogP contribution < -0.4 is 0 Å². The first-order chi connectivity index (χ1) is 9.54. The van der Waals surface area contributed by atoms with Crippen LogP contribution in [0, 0.1) is 0 Å². The summed E-state index contributed by atoms with van der Waals surface area (Å²) in [5.74, 6) is -1.47. The quantitative estimate of drug-likeness (QED) is 0.795. The van der Waals surface area contributed by atoms with Crippen LogP contribution in [0.5, 0.6) is 0 Å². The monoisotopic (exact) mass is 336 g/mol. The van der Waals surface area contributed by atoms with Gasteiger partial charge in [0.05, 0.1) is 11.5 Å². The van der Waals surface area contributed by atoms with Crippen LogP contribution in [0.4, 0.5) is 0 Å². The maximum Gasteiger partial charge on any atom is 0.352 e. The van der Waals surface area contributed by atoms with Gasteiger partial charge in [-0.2, -0.15) is 4.31 Å². The number of aromatic carboxylic acids is 1. The standard InChI is InChI=1S/C11H16N2O6S2/c1-12-6-9(5-10(12)11(14)15)21(18,19)13(2)8-3-4-20(16,17)7-8/h5-6,8H,3-4,7H2,1-2H3,(H,14,15). The summed E-state index contributed by atoms with van der Waals surface area (Å²) >= 11 is 0. The lowest BCUT2D eigenvalue weighted by molar-refractivity contribution is 0.0686. The van der Waals surface area contributed by atoms with Gasteiger partial charge in [0.25, 0.3) is 0 Å². The Morgan fingerprint density at radius 2 is 2.10 bits per heavy atom. The molecule has 0 bridgehead atoms. The summed E-state index contributed by atoms with van der Waals surface area (Å²) in [6.07, 6.45) is 1.45. The molecule has 8 nitrogen and oxygen atoms in total. The lowest BCUT2D eigenvalue weighted by atomic mass is 10.3. The Morgan fingerprint density at radius 1 is 1.48 bits per heavy atom. The van der Waals surface area contributed by atoms with E-state index in [4.69, 9.17) is 5.11 Å². The largest absolute Gasteiger partial charge is 0.477 e. The maximum absolute atomic E-state index is 12.4. The van der Waals surface area contributed by atoms with E-state index >= 15 is 0 Å². The van der Waals surface area contributed by atoms with Crippen molar-refractivity contribution in [2.45, 2.75) is 17.4 Å². The summed E-state index contributed by atoms with van der Waals surface area (Å²) in [6, 6.07) is 0.450. The SMILES string of the molecule is CN(C1CCS(=O)(=O)C1)S(=O)(=O)c1cc(C(=O)O)n(C)c1. The van der Waals surface area contributed by atoms with E-state index in [9.17, 15) is 21.6 Å². The molecule has 0 aromatic carbocycles. The first-order valence-electron chi connectivity index (χ1n) is 6.13. The predicted octanol–water partition coefficient (Wildman–Crippen LogP) is -0.469. The van der Waals surface area contributed by atoms with Crippen LogP contribution in [-0.2, 0) is 26.9 Å². The van der Waals surface area contributed by atoms with Crippen molar-refractivity contribution in [1.82, 2.24) is 8.87 Å². The predicted molar refractivity (Wildman–Crippen MR) is 74.4 cm³/mol. The third-order valence-electron chi connectivity index (χ3n) is 3.60. The van der Waals surface area contributed by atoms with Gasteiger partial charge in [-0.25, -0.2) is 21.6 Å². The highest BCUT2D eigenvalue weighted by molar-refractivity contribution is 7.92. The van der Waals surface area contributed by atoms with Gasteiger partial charge in [-0.15, -0.1) is 0 Å². The first-order valence-corrected chi connectivity index (χ1v) is 9.39. The third-order valence-corrected chi connectivity index (χ3v) is 7.22. The number of aryl methyl sites for hydroxylation is 1. The Kier molecular flexibility index (Phi) is 3.89. The maximum atomic E-state index is 12.4. The molecule has 2 rings (SSSR count). The number of sulfone groups is 1. The summed E-state index contributed by atoms with van der Waals surface area (Å²) in [4.78, 5) is 10.8. The molecule has 0 spiro atoms. The molecular formula is C11H16N2O6S2. The fourth-order valence-electron chi connectivity index (χ4n) is 2.31. The highest BCUT2D eigenvalue weighted by Gasteiger charge is 2.37. The summed E-state index contributed by atoms with van der Waals surface area (Å²) in [5, 5.41) is 8.95. The van der Waals surface area contributed by atoms with Gasteiger partial charge in [-0.1, -0.05) is 0 Å². The lowest BCUT2D eigenvalue weighted by Gasteiger charge is -2.21. The Hall–Kier alpha value is -1.39. The average molecular weight is 336 g/mol. The highest BCUT2D eigenvalue weighted by Crippen LogP contribution is 2.24. The van der Waals surface area contributed by atoms with Crippen LogP contribution in [0.3, 0.4) is 0 Å². The molecular weight excluding hydrogens is 320 g/mol. The van der Waals surface area contributed by atoms with Crippen LogP contribution in [0.15, 0.2) is 17.2 Å². The zero-order valence-corrected chi connectivity index (χ0v) is 13.2. The molecule has 1 atom stereocenters. The highest BCUT2D eigenvalue weighted by atomic mass is 32.2. The van der Waals surface area contributed by atoms with Crippen molar-refractivity contribution in [2.75, 3.05) is 18.6 Å². The summed E-state index contributed by atoms with van der Waals surface area (Å²) in [7, 11) is -4.38. The van der Waals surface area contributed by atoms with Crippen molar-refractivity contribution in [3.05, 3.63) is 18.0 Å². The van der Waals surface area contributed by atoms with Gasteiger partial charge in [-0.3, -0.25) is 0 Å². The molecule has 1 aliphatic heterocycles. The van der Waals surface area contributed by atoms with E-state index in [2.05, 4.69) is 0 Å². The van der Waals surface area contributed by atoms with Crippen molar-refractivity contribution >= 4 is 25.8 Å². The molecule has 1 saturated heterocycles. The molecule has 0 aliphatic carbocycles. The van der Waals surface area contributed by atoms with Crippen LogP contribution >= 0.6 is 0 Å². The first kappa shape index (κ1) is 16.0. The van der Waals surface area contributed by atoms with Crippen molar-refractivity contribution in [2.24, 2.45) is 7.05 Å². The van der Waals surface area contributed by atoms with Gasteiger partial charge >= 0.3 is 5.97 Å². The number of carboxylic acids is 1. The van der Waals surface area contributed by atoms with Crippen molar-refractivity contribution in [3.8, 4) is 0 Å². The average Bonchev–Trinajstić information content (AvgIpc) is 2.91. The normalized spacial score (nSPS) is 21.8. The molecule has 118 valence electrons. The molecule has 1 aromatic rings. The molecule has 1 unspecified atom stereocenters. The number of hydrogen-bond acceptors (Lipinski definition) is 5.